The summed E-state index contributed by atoms with van der Waals surface area (Å²) in [6.45, 7) is 3.01. The number of fused-ring (bicyclic) bond motifs is 2. The van der Waals surface area contributed by atoms with Crippen LogP contribution in [0.5, 0.6) is 0 Å². The number of imidazole rings is 1. The predicted molar refractivity (Wildman–Crippen MR) is 101 cm³/mol. The molecular weight excluding hydrogens is 328 g/mol. The minimum absolute atomic E-state index is 0.255. The number of benzene rings is 2. The van der Waals surface area contributed by atoms with Gasteiger partial charge in [-0.3, -0.25) is 9.59 Å². The molecule has 0 radical (unpaired) electrons. The van der Waals surface area contributed by atoms with E-state index in [1.54, 1.807) is 6.07 Å². The monoisotopic (exact) mass is 346 g/mol. The molecule has 0 spiro atoms. The van der Waals surface area contributed by atoms with Crippen molar-refractivity contribution in [2.24, 2.45) is 0 Å². The fourth-order valence-electron chi connectivity index (χ4n) is 3.25. The molecule has 6 heteroatoms. The van der Waals surface area contributed by atoms with Crippen LogP contribution in [-0.2, 0) is 6.54 Å². The molecule has 0 fully saturated rings. The number of nitrogens with one attached hydrogen (secondary N) is 2. The molecule has 0 saturated carbocycles. The van der Waals surface area contributed by atoms with Gasteiger partial charge in [-0.15, -0.1) is 0 Å². The Bertz CT molecular complexity index is 1170. The number of carbonyl (C=O) groups is 1. The van der Waals surface area contributed by atoms with E-state index >= 15 is 0 Å². The van der Waals surface area contributed by atoms with Crippen LogP contribution in [0.2, 0.25) is 0 Å². The summed E-state index contributed by atoms with van der Waals surface area (Å²) in [4.78, 5) is 31.7. The van der Waals surface area contributed by atoms with Crippen molar-refractivity contribution in [2.45, 2.75) is 13.5 Å². The highest BCUT2D eigenvalue weighted by molar-refractivity contribution is 6.05. The molecule has 2 aromatic carbocycles. The maximum atomic E-state index is 12.6. The van der Waals surface area contributed by atoms with Gasteiger partial charge in [-0.25, -0.2) is 4.98 Å². The largest absolute Gasteiger partial charge is 0.350 e. The van der Waals surface area contributed by atoms with Gasteiger partial charge in [-0.1, -0.05) is 30.3 Å². The first-order valence-electron chi connectivity index (χ1n) is 8.45. The Morgan fingerprint density at radius 3 is 2.81 bits per heavy atom. The second-order valence-corrected chi connectivity index (χ2v) is 6.15. The maximum absolute atomic E-state index is 12.6. The minimum Gasteiger partial charge on any atom is -0.350 e. The number of pyridine rings is 1. The molecule has 26 heavy (non-hydrogen) atoms. The second kappa shape index (κ2) is 6.48. The number of hydrogen-bond acceptors (Lipinski definition) is 3. The number of hydrogen-bond donors (Lipinski definition) is 2. The predicted octanol–water partition coefficient (Wildman–Crippen LogP) is 2.62. The van der Waals surface area contributed by atoms with Crippen LogP contribution in [0.1, 0.15) is 16.2 Å². The van der Waals surface area contributed by atoms with Crippen molar-refractivity contribution in [1.29, 1.82) is 0 Å². The molecule has 2 N–H and O–H groups in total. The Balaban J connectivity index is 1.55. The Kier molecular flexibility index (Phi) is 4.01. The number of para-hydroxylation sites is 3. The first-order chi connectivity index (χ1) is 12.6. The standard InChI is InChI=1S/C20H18N4O2/c1-13-22-17-8-4-5-9-18(17)24(13)11-10-21-20(26)15-12-19(25)23-16-7-3-2-6-14(15)16/h2-9,12H,10-11H2,1H3,(H,21,26)(H,23,25). The van der Waals surface area contributed by atoms with Crippen LogP contribution in [0.15, 0.2) is 59.4 Å². The molecule has 4 aromatic rings. The van der Waals surface area contributed by atoms with E-state index < -0.39 is 0 Å². The van der Waals surface area contributed by atoms with Gasteiger partial charge in [0.2, 0.25) is 5.56 Å². The van der Waals surface area contributed by atoms with Crippen LogP contribution in [-0.4, -0.2) is 27.0 Å². The average molecular weight is 346 g/mol. The van der Waals surface area contributed by atoms with Gasteiger partial charge in [0, 0.05) is 30.1 Å². The van der Waals surface area contributed by atoms with Crippen LogP contribution in [0.3, 0.4) is 0 Å². The van der Waals surface area contributed by atoms with E-state index in [9.17, 15) is 9.59 Å². The molecule has 0 saturated heterocycles. The molecule has 4 rings (SSSR count). The maximum Gasteiger partial charge on any atom is 0.252 e. The van der Waals surface area contributed by atoms with E-state index in [1.807, 2.05) is 49.4 Å². The third kappa shape index (κ3) is 2.86. The molecule has 0 aliphatic rings. The highest BCUT2D eigenvalue weighted by Crippen LogP contribution is 2.16. The smallest absolute Gasteiger partial charge is 0.252 e. The van der Waals surface area contributed by atoms with Crippen molar-refractivity contribution in [3.8, 4) is 0 Å². The normalized spacial score (nSPS) is 11.1. The summed E-state index contributed by atoms with van der Waals surface area (Å²) in [5, 5.41) is 3.64. The molecular formula is C20H18N4O2. The van der Waals surface area contributed by atoms with Gasteiger partial charge in [-0.05, 0) is 25.1 Å². The summed E-state index contributed by atoms with van der Waals surface area (Å²) in [5.74, 6) is 0.649. The fraction of sp³-hybridized carbons (Fsp3) is 0.150. The Morgan fingerprint density at radius 1 is 1.15 bits per heavy atom. The number of amides is 1. The average Bonchev–Trinajstić information content (AvgIpc) is 2.96. The SMILES string of the molecule is Cc1nc2ccccc2n1CCNC(=O)c1cc(=O)[nH]c2ccccc12. The van der Waals surface area contributed by atoms with Gasteiger partial charge in [0.25, 0.3) is 5.91 Å². The van der Waals surface area contributed by atoms with Crippen LogP contribution < -0.4 is 10.9 Å². The number of aromatic nitrogens is 3. The summed E-state index contributed by atoms with van der Waals surface area (Å²) in [6.07, 6.45) is 0. The van der Waals surface area contributed by atoms with E-state index in [0.29, 0.717) is 24.2 Å². The number of aryl methyl sites for hydroxylation is 1. The minimum atomic E-state index is -0.287. The van der Waals surface area contributed by atoms with E-state index in [4.69, 9.17) is 0 Å². The van der Waals surface area contributed by atoms with Crippen LogP contribution in [0, 0.1) is 6.92 Å². The zero-order valence-electron chi connectivity index (χ0n) is 14.3. The Hall–Kier alpha value is -3.41. The van der Waals surface area contributed by atoms with Crippen molar-refractivity contribution in [1.82, 2.24) is 19.9 Å². The first kappa shape index (κ1) is 16.1. The molecule has 2 aromatic heterocycles. The summed E-state index contributed by atoms with van der Waals surface area (Å²) in [5.41, 5.74) is 2.74. The Labute approximate surface area is 149 Å². The second-order valence-electron chi connectivity index (χ2n) is 6.15. The quantitative estimate of drug-likeness (QED) is 0.596. The third-order valence-electron chi connectivity index (χ3n) is 4.46. The highest BCUT2D eigenvalue weighted by atomic mass is 16.2. The van der Waals surface area contributed by atoms with Gasteiger partial charge in [0.15, 0.2) is 0 Å². The van der Waals surface area contributed by atoms with Gasteiger partial charge >= 0.3 is 0 Å². The first-order valence-corrected chi connectivity index (χ1v) is 8.45. The van der Waals surface area contributed by atoms with Crippen LogP contribution in [0.4, 0.5) is 0 Å². The van der Waals surface area contributed by atoms with E-state index in [-0.39, 0.29) is 11.5 Å². The topological polar surface area (TPSA) is 79.8 Å². The molecule has 0 unspecified atom stereocenters. The van der Waals surface area contributed by atoms with Crippen molar-refractivity contribution in [3.05, 3.63) is 76.3 Å². The molecule has 0 aliphatic heterocycles. The molecule has 1 amide bonds. The molecule has 0 atom stereocenters. The van der Waals surface area contributed by atoms with Gasteiger partial charge < -0.3 is 14.9 Å². The number of rotatable bonds is 4. The lowest BCUT2D eigenvalue weighted by atomic mass is 10.1. The summed E-state index contributed by atoms with van der Waals surface area (Å²) >= 11 is 0. The van der Waals surface area contributed by atoms with Crippen molar-refractivity contribution in [2.75, 3.05) is 6.54 Å². The van der Waals surface area contributed by atoms with Crippen molar-refractivity contribution >= 4 is 27.8 Å². The molecule has 0 aliphatic carbocycles. The molecule has 6 nitrogen and oxygen atoms in total. The molecule has 130 valence electrons. The lowest BCUT2D eigenvalue weighted by molar-refractivity contribution is 0.0954. The summed E-state index contributed by atoms with van der Waals surface area (Å²) < 4.78 is 2.07. The highest BCUT2D eigenvalue weighted by Gasteiger charge is 2.12. The number of aromatic amines is 1. The number of H-pyrrole nitrogens is 1. The number of carbonyl (C=O) groups excluding carboxylic acids is 1. The lowest BCUT2D eigenvalue weighted by Gasteiger charge is -2.10. The van der Waals surface area contributed by atoms with Crippen molar-refractivity contribution < 1.29 is 4.79 Å². The van der Waals surface area contributed by atoms with E-state index in [1.165, 1.54) is 6.07 Å². The van der Waals surface area contributed by atoms with Crippen molar-refractivity contribution in [3.63, 3.8) is 0 Å². The van der Waals surface area contributed by atoms with Crippen LogP contribution >= 0.6 is 0 Å². The van der Waals surface area contributed by atoms with Gasteiger partial charge in [0.1, 0.15) is 5.82 Å². The Morgan fingerprint density at radius 2 is 1.92 bits per heavy atom. The third-order valence-corrected chi connectivity index (χ3v) is 4.46. The van der Waals surface area contributed by atoms with Gasteiger partial charge in [0.05, 0.1) is 16.6 Å². The molecule has 0 bridgehead atoms. The summed E-state index contributed by atoms with van der Waals surface area (Å²) in [6, 6.07) is 16.5. The van der Waals surface area contributed by atoms with Gasteiger partial charge in [-0.2, -0.15) is 0 Å². The summed E-state index contributed by atoms with van der Waals surface area (Å²) in [7, 11) is 0. The van der Waals surface area contributed by atoms with E-state index in [2.05, 4.69) is 19.9 Å². The fourth-order valence-corrected chi connectivity index (χ4v) is 3.25. The zero-order chi connectivity index (χ0) is 18.1. The van der Waals surface area contributed by atoms with Crippen LogP contribution in [0.25, 0.3) is 21.9 Å². The number of nitrogens with zero attached hydrogens (tertiary/aromatic N) is 2. The van der Waals surface area contributed by atoms with E-state index in [0.717, 1.165) is 22.2 Å². The lowest BCUT2D eigenvalue weighted by Crippen LogP contribution is -2.28. The molecule has 2 heterocycles. The zero-order valence-corrected chi connectivity index (χ0v) is 14.3.